The van der Waals surface area contributed by atoms with E-state index in [1.54, 1.807) is 15.9 Å². The van der Waals surface area contributed by atoms with Gasteiger partial charge in [0.05, 0.1) is 17.8 Å². The van der Waals surface area contributed by atoms with Crippen LogP contribution in [0, 0.1) is 0 Å². The standard InChI is InChI=1S/C28H34N4O3/c33-26(29-15-7-18-30-16-4-1-5-17-30)22-13-11-21(12-14-22)20-32-24-9-3-2-8-23(24)27(34)31-19-6-10-25(31)28(32)35/h2-3,8-9,11-14,25H,1,4-7,10,15-20H2,(H,29,33)/t25-/m1/s1. The van der Waals surface area contributed by atoms with Gasteiger partial charge in [0.1, 0.15) is 6.04 Å². The summed E-state index contributed by atoms with van der Waals surface area (Å²) in [7, 11) is 0. The number of para-hydroxylation sites is 1. The van der Waals surface area contributed by atoms with Crippen LogP contribution in [0.3, 0.4) is 0 Å². The first-order valence-electron chi connectivity index (χ1n) is 12.9. The number of likely N-dealkylation sites (tertiary alicyclic amines) is 1. The Morgan fingerprint density at radius 3 is 2.49 bits per heavy atom. The zero-order valence-corrected chi connectivity index (χ0v) is 20.2. The average Bonchev–Trinajstić information content (AvgIpc) is 3.37. The fraction of sp³-hybridized carbons (Fsp3) is 0.464. The number of carbonyl (C=O) groups is 3. The van der Waals surface area contributed by atoms with Crippen LogP contribution in [-0.4, -0.2) is 66.3 Å². The van der Waals surface area contributed by atoms with Crippen LogP contribution in [0.5, 0.6) is 0 Å². The van der Waals surface area contributed by atoms with Gasteiger partial charge in [-0.1, -0.05) is 30.7 Å². The molecule has 2 aromatic carbocycles. The van der Waals surface area contributed by atoms with Crippen molar-refractivity contribution in [3.05, 3.63) is 65.2 Å². The number of nitrogens with one attached hydrogen (secondary N) is 1. The summed E-state index contributed by atoms with van der Waals surface area (Å²) in [6.07, 6.45) is 6.40. The number of anilines is 1. The fourth-order valence-corrected chi connectivity index (χ4v) is 5.51. The molecule has 184 valence electrons. The van der Waals surface area contributed by atoms with E-state index in [1.807, 2.05) is 42.5 Å². The topological polar surface area (TPSA) is 73.0 Å². The van der Waals surface area contributed by atoms with Gasteiger partial charge in [-0.15, -0.1) is 0 Å². The third-order valence-corrected chi connectivity index (χ3v) is 7.43. The SMILES string of the molecule is O=C(NCCCN1CCCCC1)c1ccc(CN2C(=O)[C@H]3CCCN3C(=O)c3ccccc32)cc1. The van der Waals surface area contributed by atoms with Gasteiger partial charge in [-0.05, 0) is 81.6 Å². The van der Waals surface area contributed by atoms with Crippen molar-refractivity contribution in [1.82, 2.24) is 15.1 Å². The lowest BCUT2D eigenvalue weighted by Crippen LogP contribution is -2.44. The van der Waals surface area contributed by atoms with Crippen molar-refractivity contribution in [3.63, 3.8) is 0 Å². The first-order valence-corrected chi connectivity index (χ1v) is 12.9. The van der Waals surface area contributed by atoms with Crippen molar-refractivity contribution in [1.29, 1.82) is 0 Å². The van der Waals surface area contributed by atoms with E-state index in [2.05, 4.69) is 10.2 Å². The minimum Gasteiger partial charge on any atom is -0.352 e. The molecule has 0 spiro atoms. The Balaban J connectivity index is 1.22. The molecule has 0 aromatic heterocycles. The second-order valence-electron chi connectivity index (χ2n) is 9.81. The molecule has 2 saturated heterocycles. The summed E-state index contributed by atoms with van der Waals surface area (Å²) >= 11 is 0. The molecule has 3 heterocycles. The predicted octanol–water partition coefficient (Wildman–Crippen LogP) is 3.44. The van der Waals surface area contributed by atoms with Crippen LogP contribution in [-0.2, 0) is 11.3 Å². The number of nitrogens with zero attached hydrogens (tertiary/aromatic N) is 3. The maximum Gasteiger partial charge on any atom is 0.256 e. The van der Waals surface area contributed by atoms with Gasteiger partial charge < -0.3 is 20.0 Å². The average molecular weight is 475 g/mol. The summed E-state index contributed by atoms with van der Waals surface area (Å²) in [6.45, 7) is 5.04. The van der Waals surface area contributed by atoms with Crippen LogP contribution < -0.4 is 10.2 Å². The maximum atomic E-state index is 13.4. The molecule has 0 bridgehead atoms. The van der Waals surface area contributed by atoms with E-state index in [-0.39, 0.29) is 17.7 Å². The zero-order valence-electron chi connectivity index (χ0n) is 20.2. The Morgan fingerprint density at radius 2 is 1.69 bits per heavy atom. The number of hydrogen-bond acceptors (Lipinski definition) is 4. The van der Waals surface area contributed by atoms with E-state index >= 15 is 0 Å². The summed E-state index contributed by atoms with van der Waals surface area (Å²) in [5.74, 6) is -0.166. The molecule has 7 nitrogen and oxygen atoms in total. The van der Waals surface area contributed by atoms with Gasteiger partial charge in [0, 0.05) is 18.7 Å². The lowest BCUT2D eigenvalue weighted by molar-refractivity contribution is -0.122. The van der Waals surface area contributed by atoms with Gasteiger partial charge in [-0.3, -0.25) is 14.4 Å². The van der Waals surface area contributed by atoms with Gasteiger partial charge in [-0.25, -0.2) is 0 Å². The number of carbonyl (C=O) groups excluding carboxylic acids is 3. The Hall–Kier alpha value is -3.19. The molecule has 3 aliphatic heterocycles. The predicted molar refractivity (Wildman–Crippen MR) is 135 cm³/mol. The van der Waals surface area contributed by atoms with E-state index in [1.165, 1.54) is 32.4 Å². The summed E-state index contributed by atoms with van der Waals surface area (Å²) in [5, 5.41) is 3.02. The van der Waals surface area contributed by atoms with E-state index in [9.17, 15) is 14.4 Å². The quantitative estimate of drug-likeness (QED) is 0.624. The van der Waals surface area contributed by atoms with Crippen molar-refractivity contribution in [2.45, 2.75) is 51.1 Å². The Kier molecular flexibility index (Phi) is 7.13. The van der Waals surface area contributed by atoms with Crippen molar-refractivity contribution in [2.75, 3.05) is 37.6 Å². The van der Waals surface area contributed by atoms with Crippen LogP contribution in [0.4, 0.5) is 5.69 Å². The van der Waals surface area contributed by atoms with Crippen LogP contribution >= 0.6 is 0 Å². The number of amides is 3. The number of rotatable bonds is 7. The molecule has 2 fully saturated rings. The minimum absolute atomic E-state index is 0.0312. The third kappa shape index (κ3) is 5.10. The lowest BCUT2D eigenvalue weighted by atomic mass is 10.1. The molecule has 5 rings (SSSR count). The van der Waals surface area contributed by atoms with Gasteiger partial charge in [0.15, 0.2) is 0 Å². The van der Waals surface area contributed by atoms with Crippen LogP contribution in [0.1, 0.15) is 64.8 Å². The molecule has 0 aliphatic carbocycles. The molecule has 0 saturated carbocycles. The first kappa shape index (κ1) is 23.5. The minimum atomic E-state index is -0.398. The lowest BCUT2D eigenvalue weighted by Gasteiger charge is -2.26. The molecule has 35 heavy (non-hydrogen) atoms. The Bertz CT molecular complexity index is 1080. The van der Waals surface area contributed by atoms with E-state index in [4.69, 9.17) is 0 Å². The van der Waals surface area contributed by atoms with Gasteiger partial charge in [0.25, 0.3) is 11.8 Å². The summed E-state index contributed by atoms with van der Waals surface area (Å²) in [5.41, 5.74) is 2.78. The molecular weight excluding hydrogens is 440 g/mol. The van der Waals surface area contributed by atoms with Crippen LogP contribution in [0.2, 0.25) is 0 Å². The van der Waals surface area contributed by atoms with Crippen LogP contribution in [0.15, 0.2) is 48.5 Å². The van der Waals surface area contributed by atoms with Crippen molar-refractivity contribution in [2.24, 2.45) is 0 Å². The zero-order chi connectivity index (χ0) is 24.2. The molecule has 0 radical (unpaired) electrons. The summed E-state index contributed by atoms with van der Waals surface area (Å²) in [4.78, 5) is 45.0. The van der Waals surface area contributed by atoms with Gasteiger partial charge >= 0.3 is 0 Å². The van der Waals surface area contributed by atoms with E-state index in [0.717, 1.165) is 24.9 Å². The highest BCUT2D eigenvalue weighted by molar-refractivity contribution is 6.11. The second kappa shape index (κ2) is 10.6. The first-order chi connectivity index (χ1) is 17.1. The third-order valence-electron chi connectivity index (χ3n) is 7.43. The highest BCUT2D eigenvalue weighted by atomic mass is 16.2. The summed E-state index contributed by atoms with van der Waals surface area (Å²) in [6, 6.07) is 14.4. The largest absolute Gasteiger partial charge is 0.352 e. The maximum absolute atomic E-state index is 13.4. The Labute approximate surface area is 207 Å². The van der Waals surface area contributed by atoms with E-state index in [0.29, 0.717) is 42.9 Å². The number of benzene rings is 2. The molecule has 3 amide bonds. The normalized spacial score (nSPS) is 20.4. The number of hydrogen-bond donors (Lipinski definition) is 1. The molecule has 7 heteroatoms. The van der Waals surface area contributed by atoms with Gasteiger partial charge in [0.2, 0.25) is 5.91 Å². The second-order valence-corrected chi connectivity index (χ2v) is 9.81. The molecule has 1 atom stereocenters. The van der Waals surface area contributed by atoms with Gasteiger partial charge in [-0.2, -0.15) is 0 Å². The number of fused-ring (bicyclic) bond motifs is 2. The molecule has 3 aliphatic rings. The number of piperidine rings is 1. The molecule has 1 N–H and O–H groups in total. The van der Waals surface area contributed by atoms with Crippen molar-refractivity contribution < 1.29 is 14.4 Å². The summed E-state index contributed by atoms with van der Waals surface area (Å²) < 4.78 is 0. The fourth-order valence-electron chi connectivity index (χ4n) is 5.51. The van der Waals surface area contributed by atoms with Crippen molar-refractivity contribution >= 4 is 23.4 Å². The molecular formula is C28H34N4O3. The van der Waals surface area contributed by atoms with Crippen LogP contribution in [0.25, 0.3) is 0 Å². The highest BCUT2D eigenvalue weighted by Crippen LogP contribution is 2.33. The smallest absolute Gasteiger partial charge is 0.256 e. The Morgan fingerprint density at radius 1 is 0.914 bits per heavy atom. The van der Waals surface area contributed by atoms with E-state index < -0.39 is 6.04 Å². The van der Waals surface area contributed by atoms with Crippen molar-refractivity contribution in [3.8, 4) is 0 Å². The molecule has 0 unspecified atom stereocenters. The monoisotopic (exact) mass is 474 g/mol. The highest BCUT2D eigenvalue weighted by Gasteiger charge is 2.41. The molecule has 2 aromatic rings.